The highest BCUT2D eigenvalue weighted by Crippen LogP contribution is 2.06. The molecule has 0 aliphatic carbocycles. The lowest BCUT2D eigenvalue weighted by Gasteiger charge is -1.99. The zero-order valence-corrected chi connectivity index (χ0v) is 9.87. The van der Waals surface area contributed by atoms with Gasteiger partial charge in [0.05, 0.1) is 7.11 Å². The predicted octanol–water partition coefficient (Wildman–Crippen LogP) is 2.02. The van der Waals surface area contributed by atoms with Crippen molar-refractivity contribution in [3.8, 4) is 0 Å². The van der Waals surface area contributed by atoms with E-state index >= 15 is 0 Å². The monoisotopic (exact) mass is 250 g/mol. The molecule has 0 atom stereocenters. The Kier molecular flexibility index (Phi) is 7.36. The van der Waals surface area contributed by atoms with Crippen LogP contribution in [0.5, 0.6) is 0 Å². The van der Waals surface area contributed by atoms with E-state index in [1.807, 2.05) is 30.3 Å². The first-order valence-electron chi connectivity index (χ1n) is 4.90. The van der Waals surface area contributed by atoms with Gasteiger partial charge in [-0.05, 0) is 11.6 Å². The smallest absolute Gasteiger partial charge is 0.371 e. The quantitative estimate of drug-likeness (QED) is 0.630. The number of ether oxygens (including phenoxy) is 1. The van der Waals surface area contributed by atoms with Crippen molar-refractivity contribution in [3.63, 3.8) is 0 Å². The van der Waals surface area contributed by atoms with Gasteiger partial charge in [0, 0.05) is 6.08 Å². The van der Waals surface area contributed by atoms with Crippen LogP contribution in [0, 0.1) is 0 Å². The van der Waals surface area contributed by atoms with Crippen molar-refractivity contribution in [2.45, 2.75) is 0 Å². The second kappa shape index (κ2) is 8.58. The summed E-state index contributed by atoms with van der Waals surface area (Å²) in [5.74, 6) is -2.11. The van der Waals surface area contributed by atoms with Gasteiger partial charge >= 0.3 is 11.9 Å². The maximum atomic E-state index is 10.5. The minimum atomic E-state index is -1.06. The molecule has 96 valence electrons. The van der Waals surface area contributed by atoms with E-state index < -0.39 is 11.9 Å². The summed E-state index contributed by atoms with van der Waals surface area (Å²) in [6.45, 7) is 2.96. The average Bonchev–Trinajstić information content (AvgIpc) is 2.37. The highest BCUT2D eigenvalue weighted by atomic mass is 16.5. The lowest BCUT2D eigenvalue weighted by molar-refractivity contribution is -0.136. The molecule has 0 saturated heterocycles. The molecule has 0 amide bonds. The van der Waals surface area contributed by atoms with Crippen LogP contribution in [0.15, 0.2) is 48.7 Å². The number of methoxy groups -OCH3 is 1. The lowest BCUT2D eigenvalue weighted by atomic mass is 10.2. The summed E-state index contributed by atoms with van der Waals surface area (Å²) in [4.78, 5) is 19.8. The van der Waals surface area contributed by atoms with Gasteiger partial charge in [-0.25, -0.2) is 9.59 Å². The Bertz CT molecular complexity index is 434. The van der Waals surface area contributed by atoms with E-state index in [1.54, 1.807) is 0 Å². The fraction of sp³-hybridized carbons (Fsp3) is 0.0769. The molecular weight excluding hydrogens is 236 g/mol. The van der Waals surface area contributed by atoms with E-state index in [1.165, 1.54) is 13.2 Å². The molecular formula is C13H14O5. The summed E-state index contributed by atoms with van der Waals surface area (Å²) < 4.78 is 4.68. The summed E-state index contributed by atoms with van der Waals surface area (Å²) in [6.07, 6.45) is 2.31. The third-order valence-electron chi connectivity index (χ3n) is 1.70. The van der Waals surface area contributed by atoms with Crippen LogP contribution in [0.2, 0.25) is 0 Å². The van der Waals surface area contributed by atoms with Gasteiger partial charge in [0.2, 0.25) is 5.76 Å². The van der Waals surface area contributed by atoms with Gasteiger partial charge in [-0.1, -0.05) is 36.9 Å². The lowest BCUT2D eigenvalue weighted by Crippen LogP contribution is -2.01. The Labute approximate surface area is 105 Å². The Balaban J connectivity index is 0.000000494. The van der Waals surface area contributed by atoms with Crippen molar-refractivity contribution >= 4 is 18.0 Å². The number of aliphatic carboxylic acids is 2. The second-order valence-electron chi connectivity index (χ2n) is 2.97. The molecule has 0 unspecified atom stereocenters. The van der Waals surface area contributed by atoms with Crippen LogP contribution >= 0.6 is 0 Å². The zero-order chi connectivity index (χ0) is 14.0. The number of benzene rings is 1. The van der Waals surface area contributed by atoms with Crippen LogP contribution in [-0.2, 0) is 14.3 Å². The first-order chi connectivity index (χ1) is 8.51. The van der Waals surface area contributed by atoms with Crippen molar-refractivity contribution in [2.75, 3.05) is 7.11 Å². The molecule has 1 aromatic rings. The maximum Gasteiger partial charge on any atom is 0.371 e. The van der Waals surface area contributed by atoms with Gasteiger partial charge in [0.1, 0.15) is 0 Å². The highest BCUT2D eigenvalue weighted by Gasteiger charge is 2.05. The Morgan fingerprint density at radius 1 is 1.22 bits per heavy atom. The Hall–Kier alpha value is -2.56. The van der Waals surface area contributed by atoms with Gasteiger partial charge in [0.15, 0.2) is 0 Å². The summed E-state index contributed by atoms with van der Waals surface area (Å²) in [6, 6.07) is 9.15. The van der Waals surface area contributed by atoms with E-state index in [0.717, 1.165) is 11.6 Å². The van der Waals surface area contributed by atoms with Gasteiger partial charge < -0.3 is 14.9 Å². The first-order valence-corrected chi connectivity index (χ1v) is 4.90. The molecule has 0 bridgehead atoms. The van der Waals surface area contributed by atoms with Crippen molar-refractivity contribution in [3.05, 3.63) is 54.3 Å². The first kappa shape index (κ1) is 15.4. The van der Waals surface area contributed by atoms with Crippen LogP contribution < -0.4 is 0 Å². The fourth-order valence-electron chi connectivity index (χ4n) is 0.909. The molecule has 18 heavy (non-hydrogen) atoms. The third kappa shape index (κ3) is 6.84. The van der Waals surface area contributed by atoms with Crippen LogP contribution in [-0.4, -0.2) is 29.3 Å². The number of hydrogen-bond acceptors (Lipinski definition) is 3. The van der Waals surface area contributed by atoms with E-state index in [4.69, 9.17) is 10.2 Å². The molecule has 0 heterocycles. The van der Waals surface area contributed by atoms with Gasteiger partial charge in [-0.2, -0.15) is 0 Å². The third-order valence-corrected chi connectivity index (χ3v) is 1.70. The standard InChI is InChI=1S/C10H10O3.C3H4O2/c1-13-9(10(11)12)7-8-5-3-2-4-6-8;1-2-3(4)5/h2-7H,1H3,(H,11,12);2H,1H2,(H,4,5). The Morgan fingerprint density at radius 2 is 1.72 bits per heavy atom. The minimum absolute atomic E-state index is 0.0637. The predicted molar refractivity (Wildman–Crippen MR) is 66.9 cm³/mol. The molecule has 5 nitrogen and oxygen atoms in total. The average molecular weight is 250 g/mol. The summed E-state index contributed by atoms with van der Waals surface area (Å²) in [5, 5.41) is 16.2. The van der Waals surface area contributed by atoms with E-state index in [0.29, 0.717) is 0 Å². The van der Waals surface area contributed by atoms with Gasteiger partial charge in [-0.3, -0.25) is 0 Å². The molecule has 2 N–H and O–H groups in total. The molecule has 0 saturated carbocycles. The molecule has 0 radical (unpaired) electrons. The van der Waals surface area contributed by atoms with Crippen molar-refractivity contribution < 1.29 is 24.5 Å². The SMILES string of the molecule is C=CC(=O)O.COC(=Cc1ccccc1)C(=O)O. The van der Waals surface area contributed by atoms with Gasteiger partial charge in [0.25, 0.3) is 0 Å². The zero-order valence-electron chi connectivity index (χ0n) is 9.87. The van der Waals surface area contributed by atoms with Crippen LogP contribution in [0.3, 0.4) is 0 Å². The van der Waals surface area contributed by atoms with Gasteiger partial charge in [-0.15, -0.1) is 0 Å². The molecule has 0 aliphatic rings. The summed E-state index contributed by atoms with van der Waals surface area (Å²) in [5.41, 5.74) is 0.807. The van der Waals surface area contributed by atoms with E-state index in [2.05, 4.69) is 11.3 Å². The topological polar surface area (TPSA) is 83.8 Å². The molecule has 5 heteroatoms. The molecule has 0 spiro atoms. The molecule has 0 aliphatic heterocycles. The number of carboxylic acids is 2. The van der Waals surface area contributed by atoms with E-state index in [9.17, 15) is 9.59 Å². The fourth-order valence-corrected chi connectivity index (χ4v) is 0.909. The van der Waals surface area contributed by atoms with Crippen molar-refractivity contribution in [1.82, 2.24) is 0 Å². The summed E-state index contributed by atoms with van der Waals surface area (Å²) in [7, 11) is 1.34. The molecule has 0 aromatic heterocycles. The summed E-state index contributed by atoms with van der Waals surface area (Å²) >= 11 is 0. The molecule has 0 fully saturated rings. The highest BCUT2D eigenvalue weighted by molar-refractivity contribution is 5.89. The normalized spacial score (nSPS) is 9.72. The minimum Gasteiger partial charge on any atom is -0.490 e. The van der Waals surface area contributed by atoms with Crippen molar-refractivity contribution in [2.24, 2.45) is 0 Å². The molecule has 1 rings (SSSR count). The second-order valence-corrected chi connectivity index (χ2v) is 2.97. The molecule has 1 aromatic carbocycles. The number of carbonyl (C=O) groups is 2. The number of hydrogen-bond donors (Lipinski definition) is 2. The van der Waals surface area contributed by atoms with Crippen LogP contribution in [0.25, 0.3) is 6.08 Å². The van der Waals surface area contributed by atoms with Crippen LogP contribution in [0.1, 0.15) is 5.56 Å². The maximum absolute atomic E-state index is 10.5. The number of carboxylic acid groups (broad SMARTS) is 2. The number of rotatable bonds is 4. The van der Waals surface area contributed by atoms with Crippen LogP contribution in [0.4, 0.5) is 0 Å². The van der Waals surface area contributed by atoms with E-state index in [-0.39, 0.29) is 5.76 Å². The van der Waals surface area contributed by atoms with Crippen molar-refractivity contribution in [1.29, 1.82) is 0 Å². The largest absolute Gasteiger partial charge is 0.490 e. The Morgan fingerprint density at radius 3 is 2.06 bits per heavy atom.